The van der Waals surface area contributed by atoms with Crippen LogP contribution in [0, 0.1) is 11.7 Å². The van der Waals surface area contributed by atoms with Gasteiger partial charge < -0.3 is 0 Å². The van der Waals surface area contributed by atoms with E-state index in [0.29, 0.717) is 42.1 Å². The number of nitrogens with zero attached hydrogens (tertiary/aromatic N) is 5. The highest BCUT2D eigenvalue weighted by Crippen LogP contribution is 2.31. The SMILES string of the molecule is Cc1ccc(Cn2cc(-n3c(C4CCN(S(=O)(=O)c5ccccc5)CC4)n[nH]c3=S)cn2)cc1. The van der Waals surface area contributed by atoms with Crippen molar-refractivity contribution < 1.29 is 8.42 Å². The van der Waals surface area contributed by atoms with E-state index in [9.17, 15) is 8.42 Å². The summed E-state index contributed by atoms with van der Waals surface area (Å²) in [7, 11) is -3.49. The largest absolute Gasteiger partial charge is 0.269 e. The standard InChI is InChI=1S/C24H26N6O2S2/c1-18-7-9-19(10-8-18)16-28-17-21(15-25-28)30-23(26-27-24(30)33)20-11-13-29(14-12-20)34(31,32)22-5-3-2-4-6-22/h2-10,15,17,20H,11-14,16H2,1H3,(H,27,33). The molecule has 8 nitrogen and oxygen atoms in total. The van der Waals surface area contributed by atoms with Crippen molar-refractivity contribution in [2.24, 2.45) is 0 Å². The number of aryl methyl sites for hydroxylation is 1. The number of nitrogens with one attached hydrogen (secondary N) is 1. The monoisotopic (exact) mass is 494 g/mol. The number of hydrogen-bond donors (Lipinski definition) is 1. The number of hydrogen-bond acceptors (Lipinski definition) is 5. The van der Waals surface area contributed by atoms with Crippen molar-refractivity contribution in [3.8, 4) is 5.69 Å². The third kappa shape index (κ3) is 4.48. The van der Waals surface area contributed by atoms with Crippen LogP contribution in [0.5, 0.6) is 0 Å². The van der Waals surface area contributed by atoms with Crippen LogP contribution in [0.2, 0.25) is 0 Å². The molecule has 34 heavy (non-hydrogen) atoms. The highest BCUT2D eigenvalue weighted by Gasteiger charge is 2.32. The second kappa shape index (κ2) is 9.28. The number of aromatic nitrogens is 5. The predicted molar refractivity (Wildman–Crippen MR) is 132 cm³/mol. The molecule has 0 amide bonds. The molecule has 10 heteroatoms. The van der Waals surface area contributed by atoms with Crippen LogP contribution in [0.1, 0.15) is 35.7 Å². The summed E-state index contributed by atoms with van der Waals surface area (Å²) in [6, 6.07) is 17.0. The quantitative estimate of drug-likeness (QED) is 0.409. The fourth-order valence-electron chi connectivity index (χ4n) is 4.36. The zero-order valence-electron chi connectivity index (χ0n) is 18.8. The summed E-state index contributed by atoms with van der Waals surface area (Å²) in [4.78, 5) is 0.331. The molecule has 0 saturated carbocycles. The zero-order valence-corrected chi connectivity index (χ0v) is 20.5. The van der Waals surface area contributed by atoms with Gasteiger partial charge in [0, 0.05) is 25.2 Å². The van der Waals surface area contributed by atoms with Gasteiger partial charge in [-0.1, -0.05) is 48.0 Å². The average molecular weight is 495 g/mol. The third-order valence-corrected chi connectivity index (χ3v) is 8.43. The van der Waals surface area contributed by atoms with Crippen molar-refractivity contribution in [3.63, 3.8) is 0 Å². The maximum Gasteiger partial charge on any atom is 0.243 e. The molecule has 5 rings (SSSR count). The molecule has 0 atom stereocenters. The Kier molecular flexibility index (Phi) is 6.20. The molecule has 1 N–H and O–H groups in total. The van der Waals surface area contributed by atoms with Gasteiger partial charge in [0.25, 0.3) is 0 Å². The Morgan fingerprint density at radius 1 is 1.06 bits per heavy atom. The van der Waals surface area contributed by atoms with E-state index < -0.39 is 10.0 Å². The highest BCUT2D eigenvalue weighted by molar-refractivity contribution is 7.89. The second-order valence-corrected chi connectivity index (χ2v) is 10.9. The lowest BCUT2D eigenvalue weighted by Gasteiger charge is -2.30. The van der Waals surface area contributed by atoms with Crippen molar-refractivity contribution in [3.05, 3.63) is 88.7 Å². The summed E-state index contributed by atoms with van der Waals surface area (Å²) < 4.78 is 31.8. The molecule has 1 aliphatic rings. The number of piperidine rings is 1. The maximum absolute atomic E-state index is 13.0. The van der Waals surface area contributed by atoms with Crippen LogP contribution in [-0.4, -0.2) is 50.4 Å². The van der Waals surface area contributed by atoms with Gasteiger partial charge in [-0.05, 0) is 49.7 Å². The van der Waals surface area contributed by atoms with E-state index in [4.69, 9.17) is 12.2 Å². The number of sulfonamides is 1. The van der Waals surface area contributed by atoms with Crippen molar-refractivity contribution >= 4 is 22.2 Å². The van der Waals surface area contributed by atoms with E-state index in [2.05, 4.69) is 46.5 Å². The zero-order chi connectivity index (χ0) is 23.7. The van der Waals surface area contributed by atoms with Crippen molar-refractivity contribution in [1.29, 1.82) is 0 Å². The smallest absolute Gasteiger partial charge is 0.243 e. The summed E-state index contributed by atoms with van der Waals surface area (Å²) in [6.45, 7) is 3.61. The van der Waals surface area contributed by atoms with Gasteiger partial charge >= 0.3 is 0 Å². The first-order chi connectivity index (χ1) is 16.4. The summed E-state index contributed by atoms with van der Waals surface area (Å²) in [6.07, 6.45) is 5.09. The topological polar surface area (TPSA) is 88.8 Å². The molecule has 1 aliphatic heterocycles. The molecule has 2 aromatic heterocycles. The first-order valence-electron chi connectivity index (χ1n) is 11.2. The van der Waals surface area contributed by atoms with E-state index in [1.54, 1.807) is 34.8 Å². The number of aromatic amines is 1. The van der Waals surface area contributed by atoms with Crippen LogP contribution in [0.15, 0.2) is 71.9 Å². The Bertz CT molecular complexity index is 1430. The molecule has 3 heterocycles. The molecular weight excluding hydrogens is 468 g/mol. The molecule has 176 valence electrons. The molecule has 1 fully saturated rings. The second-order valence-electron chi connectivity index (χ2n) is 8.60. The molecule has 2 aromatic carbocycles. The normalized spacial score (nSPS) is 15.6. The van der Waals surface area contributed by atoms with E-state index in [1.165, 1.54) is 11.1 Å². The third-order valence-electron chi connectivity index (χ3n) is 6.24. The summed E-state index contributed by atoms with van der Waals surface area (Å²) in [5.74, 6) is 0.910. The van der Waals surface area contributed by atoms with Crippen LogP contribution >= 0.6 is 12.2 Å². The predicted octanol–water partition coefficient (Wildman–Crippen LogP) is 4.05. The summed E-state index contributed by atoms with van der Waals surface area (Å²) >= 11 is 5.53. The van der Waals surface area contributed by atoms with Crippen molar-refractivity contribution in [1.82, 2.24) is 28.9 Å². The Balaban J connectivity index is 1.32. The van der Waals surface area contributed by atoms with Crippen LogP contribution in [0.3, 0.4) is 0 Å². The van der Waals surface area contributed by atoms with Gasteiger partial charge in [-0.2, -0.15) is 14.5 Å². The maximum atomic E-state index is 13.0. The van der Waals surface area contributed by atoms with Gasteiger partial charge in [-0.15, -0.1) is 0 Å². The van der Waals surface area contributed by atoms with Crippen molar-refractivity contribution in [2.45, 2.75) is 37.1 Å². The summed E-state index contributed by atoms with van der Waals surface area (Å²) in [5.41, 5.74) is 3.24. The Labute approximate surface area is 203 Å². The molecule has 1 saturated heterocycles. The van der Waals surface area contributed by atoms with E-state index in [1.807, 2.05) is 21.5 Å². The highest BCUT2D eigenvalue weighted by atomic mass is 32.2. The lowest BCUT2D eigenvalue weighted by Crippen LogP contribution is -2.38. The van der Waals surface area contributed by atoms with E-state index in [0.717, 1.165) is 11.5 Å². The fraction of sp³-hybridized carbons (Fsp3) is 0.292. The van der Waals surface area contributed by atoms with Crippen molar-refractivity contribution in [2.75, 3.05) is 13.1 Å². The van der Waals surface area contributed by atoms with Crippen LogP contribution in [0.4, 0.5) is 0 Å². The van der Waals surface area contributed by atoms with Gasteiger partial charge in [0.05, 0.1) is 23.3 Å². The van der Waals surface area contributed by atoms with Gasteiger partial charge in [-0.25, -0.2) is 8.42 Å². The minimum atomic E-state index is -3.49. The van der Waals surface area contributed by atoms with Gasteiger partial charge in [0.15, 0.2) is 4.77 Å². The van der Waals surface area contributed by atoms with E-state index in [-0.39, 0.29) is 5.92 Å². The van der Waals surface area contributed by atoms with Gasteiger partial charge in [0.1, 0.15) is 5.82 Å². The van der Waals surface area contributed by atoms with Crippen LogP contribution < -0.4 is 0 Å². The fourth-order valence-corrected chi connectivity index (χ4v) is 6.10. The lowest BCUT2D eigenvalue weighted by molar-refractivity contribution is 0.312. The molecule has 0 aliphatic carbocycles. The Morgan fingerprint density at radius 2 is 1.76 bits per heavy atom. The van der Waals surface area contributed by atoms with Gasteiger partial charge in [-0.3, -0.25) is 14.3 Å². The molecule has 0 unspecified atom stereocenters. The number of H-pyrrole nitrogens is 1. The minimum Gasteiger partial charge on any atom is -0.269 e. The lowest BCUT2D eigenvalue weighted by atomic mass is 9.97. The molecule has 0 radical (unpaired) electrons. The van der Waals surface area contributed by atoms with Gasteiger partial charge in [0.2, 0.25) is 10.0 Å². The first-order valence-corrected chi connectivity index (χ1v) is 13.1. The minimum absolute atomic E-state index is 0.0932. The number of benzene rings is 2. The molecule has 4 aromatic rings. The first kappa shape index (κ1) is 22.7. The Morgan fingerprint density at radius 3 is 2.47 bits per heavy atom. The number of rotatable bonds is 6. The van der Waals surface area contributed by atoms with E-state index >= 15 is 0 Å². The molecule has 0 spiro atoms. The summed E-state index contributed by atoms with van der Waals surface area (Å²) in [5, 5.41) is 11.9. The average Bonchev–Trinajstić information content (AvgIpc) is 3.47. The molecular formula is C24H26N6O2S2. The van der Waals surface area contributed by atoms with Crippen LogP contribution in [-0.2, 0) is 16.6 Å². The van der Waals surface area contributed by atoms with Crippen LogP contribution in [0.25, 0.3) is 5.69 Å². The Hall–Kier alpha value is -3.08. The molecule has 0 bridgehead atoms.